The molecule has 100 valence electrons. The van der Waals surface area contributed by atoms with Crippen LogP contribution in [0.4, 0.5) is 0 Å². The summed E-state index contributed by atoms with van der Waals surface area (Å²) >= 11 is 0. The Hall–Kier alpha value is -1.11. The third-order valence-electron chi connectivity index (χ3n) is 1.68. The van der Waals surface area contributed by atoms with Gasteiger partial charge in [-0.3, -0.25) is 4.79 Å². The first-order valence-corrected chi connectivity index (χ1v) is 5.54. The molecule has 1 amide bonds. The number of ether oxygens (including phenoxy) is 4. The number of nitrogens with one attached hydrogen (secondary N) is 1. The van der Waals surface area contributed by atoms with Gasteiger partial charge in [0.05, 0.1) is 45.9 Å². The molecule has 0 aromatic carbocycles. The zero-order valence-corrected chi connectivity index (χ0v) is 10.1. The van der Waals surface area contributed by atoms with Gasteiger partial charge in [0, 0.05) is 6.54 Å². The molecule has 0 aromatic heterocycles. The fraction of sp³-hybridized carbons (Fsp3) is 0.727. The van der Waals surface area contributed by atoms with Crippen LogP contribution in [-0.2, 0) is 23.7 Å². The first kappa shape index (κ1) is 15.9. The fourth-order valence-electron chi connectivity index (χ4n) is 0.922. The molecular formula is C11H21NO5. The summed E-state index contributed by atoms with van der Waals surface area (Å²) in [6.07, 6.45) is 2.03. The summed E-state index contributed by atoms with van der Waals surface area (Å²) in [4.78, 5) is 9.89. The standard InChI is InChI=1S/C11H21NO5/c1-2-14-5-6-16-9-10-17-8-7-15-4-3-12-11-13/h2,11H,1,3-10H2,(H,12,13). The zero-order chi connectivity index (χ0) is 12.6. The van der Waals surface area contributed by atoms with Crippen molar-refractivity contribution >= 4 is 6.41 Å². The van der Waals surface area contributed by atoms with Crippen LogP contribution in [-0.4, -0.2) is 59.2 Å². The van der Waals surface area contributed by atoms with E-state index in [9.17, 15) is 4.79 Å². The Morgan fingerprint density at radius 3 is 1.94 bits per heavy atom. The van der Waals surface area contributed by atoms with E-state index in [0.717, 1.165) is 0 Å². The minimum atomic E-state index is 0.498. The van der Waals surface area contributed by atoms with Gasteiger partial charge in [-0.2, -0.15) is 0 Å². The highest BCUT2D eigenvalue weighted by Crippen LogP contribution is 1.82. The molecule has 0 aromatic rings. The molecule has 0 saturated carbocycles. The zero-order valence-electron chi connectivity index (χ0n) is 10.1. The van der Waals surface area contributed by atoms with Crippen LogP contribution in [0.15, 0.2) is 12.8 Å². The van der Waals surface area contributed by atoms with Gasteiger partial charge in [0.15, 0.2) is 0 Å². The van der Waals surface area contributed by atoms with Gasteiger partial charge in [-0.25, -0.2) is 0 Å². The van der Waals surface area contributed by atoms with Gasteiger partial charge in [0.1, 0.15) is 6.61 Å². The Bertz CT molecular complexity index is 159. The SMILES string of the molecule is C=COCCOCCOCCOCCNC=O. The molecule has 0 unspecified atom stereocenters. The lowest BCUT2D eigenvalue weighted by molar-refractivity contribution is -0.109. The third-order valence-corrected chi connectivity index (χ3v) is 1.68. The monoisotopic (exact) mass is 247 g/mol. The summed E-state index contributed by atoms with van der Waals surface area (Å²) in [7, 11) is 0. The molecule has 6 nitrogen and oxygen atoms in total. The van der Waals surface area contributed by atoms with Crippen molar-refractivity contribution in [1.29, 1.82) is 0 Å². The first-order chi connectivity index (χ1) is 8.41. The number of amides is 1. The Balaban J connectivity index is 2.89. The predicted octanol–water partition coefficient (Wildman–Crippen LogP) is -0.0577. The first-order valence-electron chi connectivity index (χ1n) is 5.54. The summed E-state index contributed by atoms with van der Waals surface area (Å²) < 4.78 is 20.5. The summed E-state index contributed by atoms with van der Waals surface area (Å²) in [5.74, 6) is 0. The van der Waals surface area contributed by atoms with E-state index in [4.69, 9.17) is 18.9 Å². The molecule has 0 bridgehead atoms. The van der Waals surface area contributed by atoms with Crippen LogP contribution in [0.25, 0.3) is 0 Å². The maximum absolute atomic E-state index is 9.89. The minimum absolute atomic E-state index is 0.498. The highest BCUT2D eigenvalue weighted by atomic mass is 16.6. The molecule has 0 radical (unpaired) electrons. The summed E-state index contributed by atoms with van der Waals surface area (Å²) in [6.45, 7) is 7.58. The van der Waals surface area contributed by atoms with Crippen molar-refractivity contribution in [2.24, 2.45) is 0 Å². The third kappa shape index (κ3) is 14.9. The topological polar surface area (TPSA) is 66.0 Å². The number of rotatable bonds is 14. The van der Waals surface area contributed by atoms with Gasteiger partial charge >= 0.3 is 0 Å². The van der Waals surface area contributed by atoms with Crippen molar-refractivity contribution in [1.82, 2.24) is 5.32 Å². The lowest BCUT2D eigenvalue weighted by Crippen LogP contribution is -2.19. The van der Waals surface area contributed by atoms with Crippen LogP contribution < -0.4 is 5.32 Å². The second-order valence-electron chi connectivity index (χ2n) is 2.95. The van der Waals surface area contributed by atoms with Gasteiger partial charge in [-0.05, 0) is 0 Å². The van der Waals surface area contributed by atoms with E-state index in [2.05, 4.69) is 11.9 Å². The Morgan fingerprint density at radius 1 is 0.882 bits per heavy atom. The lowest BCUT2D eigenvalue weighted by atomic mass is 10.6. The number of carbonyl (C=O) groups excluding carboxylic acids is 1. The van der Waals surface area contributed by atoms with Crippen molar-refractivity contribution in [3.05, 3.63) is 12.8 Å². The number of hydrogen-bond acceptors (Lipinski definition) is 5. The second-order valence-corrected chi connectivity index (χ2v) is 2.95. The van der Waals surface area contributed by atoms with Crippen molar-refractivity contribution in [3.63, 3.8) is 0 Å². The summed E-state index contributed by atoms with van der Waals surface area (Å²) in [5, 5.41) is 2.50. The van der Waals surface area contributed by atoms with Crippen molar-refractivity contribution < 1.29 is 23.7 Å². The van der Waals surface area contributed by atoms with Crippen LogP contribution in [0.5, 0.6) is 0 Å². The average Bonchev–Trinajstić information content (AvgIpc) is 2.35. The Morgan fingerprint density at radius 2 is 1.41 bits per heavy atom. The van der Waals surface area contributed by atoms with E-state index in [1.807, 2.05) is 0 Å². The van der Waals surface area contributed by atoms with Gasteiger partial charge < -0.3 is 24.3 Å². The predicted molar refractivity (Wildman–Crippen MR) is 62.7 cm³/mol. The average molecular weight is 247 g/mol. The maximum Gasteiger partial charge on any atom is 0.207 e. The van der Waals surface area contributed by atoms with Gasteiger partial charge in [-0.1, -0.05) is 6.58 Å². The van der Waals surface area contributed by atoms with E-state index in [-0.39, 0.29) is 0 Å². The van der Waals surface area contributed by atoms with E-state index in [1.165, 1.54) is 6.26 Å². The van der Waals surface area contributed by atoms with Crippen LogP contribution in [0.1, 0.15) is 0 Å². The van der Waals surface area contributed by atoms with E-state index in [0.29, 0.717) is 59.2 Å². The van der Waals surface area contributed by atoms with Gasteiger partial charge in [0.25, 0.3) is 0 Å². The van der Waals surface area contributed by atoms with Crippen molar-refractivity contribution in [3.8, 4) is 0 Å². The molecule has 0 aliphatic heterocycles. The Kier molecular flexibility index (Phi) is 13.9. The quantitative estimate of drug-likeness (QED) is 0.265. The molecule has 0 rings (SSSR count). The van der Waals surface area contributed by atoms with Crippen molar-refractivity contribution in [2.75, 3.05) is 52.8 Å². The Labute approximate surface area is 102 Å². The highest BCUT2D eigenvalue weighted by molar-refractivity contribution is 5.45. The smallest absolute Gasteiger partial charge is 0.207 e. The number of carbonyl (C=O) groups is 1. The molecule has 0 aliphatic carbocycles. The normalized spacial score (nSPS) is 9.88. The lowest BCUT2D eigenvalue weighted by Gasteiger charge is -2.06. The molecule has 0 atom stereocenters. The summed E-state index contributed by atoms with van der Waals surface area (Å²) in [5.41, 5.74) is 0. The van der Waals surface area contributed by atoms with Gasteiger partial charge in [0.2, 0.25) is 6.41 Å². The van der Waals surface area contributed by atoms with Crippen LogP contribution in [0, 0.1) is 0 Å². The maximum atomic E-state index is 9.89. The van der Waals surface area contributed by atoms with Gasteiger partial charge in [-0.15, -0.1) is 0 Å². The van der Waals surface area contributed by atoms with Crippen LogP contribution in [0.3, 0.4) is 0 Å². The molecule has 0 aliphatic rings. The van der Waals surface area contributed by atoms with E-state index in [1.54, 1.807) is 0 Å². The minimum Gasteiger partial charge on any atom is -0.499 e. The van der Waals surface area contributed by atoms with E-state index >= 15 is 0 Å². The largest absolute Gasteiger partial charge is 0.499 e. The molecule has 6 heteroatoms. The fourth-order valence-corrected chi connectivity index (χ4v) is 0.922. The highest BCUT2D eigenvalue weighted by Gasteiger charge is 1.91. The van der Waals surface area contributed by atoms with E-state index < -0.39 is 0 Å². The second kappa shape index (κ2) is 14.9. The molecular weight excluding hydrogens is 226 g/mol. The van der Waals surface area contributed by atoms with Crippen molar-refractivity contribution in [2.45, 2.75) is 0 Å². The molecule has 0 saturated heterocycles. The van der Waals surface area contributed by atoms with Crippen LogP contribution in [0.2, 0.25) is 0 Å². The number of hydrogen-bond donors (Lipinski definition) is 1. The molecule has 17 heavy (non-hydrogen) atoms. The summed E-state index contributed by atoms with van der Waals surface area (Å²) in [6, 6.07) is 0. The molecule has 0 fully saturated rings. The molecule has 0 spiro atoms. The molecule has 1 N–H and O–H groups in total. The molecule has 0 heterocycles. The van der Waals surface area contributed by atoms with Crippen LogP contribution >= 0.6 is 0 Å².